The fourth-order valence-corrected chi connectivity index (χ4v) is 2.79. The Morgan fingerprint density at radius 1 is 1.20 bits per heavy atom. The van der Waals surface area contributed by atoms with Crippen molar-refractivity contribution in [2.45, 2.75) is 26.3 Å². The number of anilines is 2. The fourth-order valence-electron chi connectivity index (χ4n) is 2.58. The third-order valence-corrected chi connectivity index (χ3v) is 4.26. The van der Waals surface area contributed by atoms with Crippen LogP contribution in [0.1, 0.15) is 30.9 Å². The van der Waals surface area contributed by atoms with Gasteiger partial charge in [0.15, 0.2) is 0 Å². The van der Waals surface area contributed by atoms with Gasteiger partial charge in [0.1, 0.15) is 24.0 Å². The van der Waals surface area contributed by atoms with Crippen molar-refractivity contribution < 1.29 is 8.28 Å². The number of nitrogens with zero attached hydrogens (tertiary/aromatic N) is 1. The molecule has 0 atom stereocenters. The third kappa shape index (κ3) is 4.74. The summed E-state index contributed by atoms with van der Waals surface area (Å²) >= 11 is 0.130. The van der Waals surface area contributed by atoms with Gasteiger partial charge in [-0.05, 0) is 29.2 Å². The Hall–Kier alpha value is -2.05. The molecule has 0 aliphatic carbocycles. The summed E-state index contributed by atoms with van der Waals surface area (Å²) in [5, 5.41) is 3.18. The van der Waals surface area contributed by atoms with Gasteiger partial charge in [-0.1, -0.05) is 50.8 Å². The predicted octanol–water partition coefficient (Wildman–Crippen LogP) is 5.59. The number of para-hydroxylation sites is 1. The Morgan fingerprint density at radius 3 is 2.52 bits per heavy atom. The fraction of sp³-hybridized carbons (Fsp3) is 0.263. The standard InChI is InChI=1S/C10H12FN3S.C9H11F/c1-7-13-10-8(6-12-15-11)4-3-5-9(10)14(7)2;1-7(2)8-5-3-4-6-9(8)10/h3-5,12-13H,1,6H2,2H3;3-7H,1-2H3. The second-order valence-electron chi connectivity index (χ2n) is 6.02. The summed E-state index contributed by atoms with van der Waals surface area (Å²) in [6.45, 7) is 8.34. The molecule has 1 heterocycles. The second-order valence-corrected chi connectivity index (χ2v) is 6.46. The van der Waals surface area contributed by atoms with Gasteiger partial charge in [0.2, 0.25) is 0 Å². The van der Waals surface area contributed by atoms with Crippen LogP contribution >= 0.6 is 12.3 Å². The number of halogens is 2. The summed E-state index contributed by atoms with van der Waals surface area (Å²) in [4.78, 5) is 1.97. The number of nitrogens with one attached hydrogen (secondary N) is 2. The minimum atomic E-state index is -0.0995. The third-order valence-electron chi connectivity index (χ3n) is 4.01. The SMILES string of the molecule is C=C1Nc2c(CNSF)cccc2N1C.CC(C)c1ccccc1F. The van der Waals surface area contributed by atoms with Gasteiger partial charge in [-0.2, -0.15) is 0 Å². The molecule has 0 saturated heterocycles. The number of hydrogen-bond acceptors (Lipinski definition) is 4. The lowest BCUT2D eigenvalue weighted by molar-refractivity contribution is 0.598. The van der Waals surface area contributed by atoms with E-state index in [0.717, 1.165) is 28.3 Å². The van der Waals surface area contributed by atoms with Gasteiger partial charge in [0.05, 0.1) is 11.4 Å². The zero-order valence-corrected chi connectivity index (χ0v) is 15.5. The van der Waals surface area contributed by atoms with Crippen LogP contribution in [0.15, 0.2) is 54.9 Å². The molecule has 2 aromatic rings. The van der Waals surface area contributed by atoms with Crippen molar-refractivity contribution in [2.24, 2.45) is 0 Å². The molecule has 0 saturated carbocycles. The Morgan fingerprint density at radius 2 is 1.92 bits per heavy atom. The van der Waals surface area contributed by atoms with Gasteiger partial charge in [0.25, 0.3) is 0 Å². The zero-order valence-electron chi connectivity index (χ0n) is 14.6. The molecule has 0 unspecified atom stereocenters. The first-order chi connectivity index (χ1) is 12.0. The molecule has 0 fully saturated rings. The average molecular weight is 363 g/mol. The second kappa shape index (κ2) is 8.87. The maximum absolute atomic E-state index is 12.8. The molecular formula is C19H23F2N3S. The van der Waals surface area contributed by atoms with Crippen molar-refractivity contribution in [3.8, 4) is 0 Å². The van der Waals surface area contributed by atoms with Crippen molar-refractivity contribution in [1.29, 1.82) is 0 Å². The normalized spacial score (nSPS) is 12.6. The summed E-state index contributed by atoms with van der Waals surface area (Å²) in [5.41, 5.74) is 3.90. The van der Waals surface area contributed by atoms with Crippen molar-refractivity contribution in [2.75, 3.05) is 17.3 Å². The van der Waals surface area contributed by atoms with Gasteiger partial charge < -0.3 is 10.2 Å². The monoisotopic (exact) mass is 363 g/mol. The van der Waals surface area contributed by atoms with E-state index in [1.807, 2.05) is 56.1 Å². The highest BCUT2D eigenvalue weighted by molar-refractivity contribution is 7.92. The molecule has 1 aliphatic heterocycles. The van der Waals surface area contributed by atoms with E-state index >= 15 is 0 Å². The van der Waals surface area contributed by atoms with Crippen molar-refractivity contribution in [3.63, 3.8) is 0 Å². The van der Waals surface area contributed by atoms with E-state index in [4.69, 9.17) is 0 Å². The van der Waals surface area contributed by atoms with Crippen LogP contribution in [-0.4, -0.2) is 7.05 Å². The van der Waals surface area contributed by atoms with Crippen LogP contribution in [0.5, 0.6) is 0 Å². The van der Waals surface area contributed by atoms with E-state index in [9.17, 15) is 8.28 Å². The number of rotatable bonds is 4. The topological polar surface area (TPSA) is 27.3 Å². The molecule has 2 N–H and O–H groups in total. The van der Waals surface area contributed by atoms with Crippen LogP contribution in [0.4, 0.5) is 19.7 Å². The van der Waals surface area contributed by atoms with Crippen LogP contribution in [0.2, 0.25) is 0 Å². The van der Waals surface area contributed by atoms with E-state index in [1.165, 1.54) is 6.07 Å². The summed E-state index contributed by atoms with van der Waals surface area (Å²) in [6.07, 6.45) is 0. The number of hydrogen-bond donors (Lipinski definition) is 2. The van der Waals surface area contributed by atoms with E-state index in [2.05, 4.69) is 16.6 Å². The molecule has 2 aromatic carbocycles. The maximum Gasteiger partial charge on any atom is 0.131 e. The Bertz CT molecular complexity index is 734. The molecule has 25 heavy (non-hydrogen) atoms. The summed E-state index contributed by atoms with van der Waals surface area (Å²) in [7, 11) is 1.95. The molecule has 0 amide bonds. The molecule has 134 valence electrons. The van der Waals surface area contributed by atoms with Gasteiger partial charge in [-0.25, -0.2) is 9.11 Å². The molecule has 3 rings (SSSR count). The molecule has 0 bridgehead atoms. The highest BCUT2D eigenvalue weighted by atomic mass is 32.2. The van der Waals surface area contributed by atoms with Crippen LogP contribution in [0.3, 0.4) is 0 Å². The summed E-state index contributed by atoms with van der Waals surface area (Å²) < 4.78 is 27.4. The molecule has 3 nitrogen and oxygen atoms in total. The summed E-state index contributed by atoms with van der Waals surface area (Å²) in [5.74, 6) is 1.02. The van der Waals surface area contributed by atoms with Gasteiger partial charge in [0, 0.05) is 13.6 Å². The van der Waals surface area contributed by atoms with E-state index in [-0.39, 0.29) is 24.1 Å². The van der Waals surface area contributed by atoms with Crippen LogP contribution in [0.25, 0.3) is 0 Å². The van der Waals surface area contributed by atoms with E-state index in [1.54, 1.807) is 6.07 Å². The first-order valence-electron chi connectivity index (χ1n) is 8.02. The molecule has 0 radical (unpaired) electrons. The lowest BCUT2D eigenvalue weighted by Crippen LogP contribution is -2.12. The Balaban J connectivity index is 0.000000196. The lowest BCUT2D eigenvalue weighted by Gasteiger charge is -2.11. The van der Waals surface area contributed by atoms with Gasteiger partial charge in [-0.15, -0.1) is 3.89 Å². The molecule has 0 aromatic heterocycles. The van der Waals surface area contributed by atoms with Crippen LogP contribution in [-0.2, 0) is 6.54 Å². The largest absolute Gasteiger partial charge is 0.340 e. The highest BCUT2D eigenvalue weighted by Gasteiger charge is 2.20. The first-order valence-corrected chi connectivity index (χ1v) is 8.73. The van der Waals surface area contributed by atoms with E-state index in [0.29, 0.717) is 6.54 Å². The minimum absolute atomic E-state index is 0.0995. The molecule has 6 heteroatoms. The zero-order chi connectivity index (χ0) is 18.4. The first kappa shape index (κ1) is 19.3. The molecule has 0 spiro atoms. The van der Waals surface area contributed by atoms with Crippen molar-refractivity contribution >= 4 is 23.7 Å². The van der Waals surface area contributed by atoms with Crippen LogP contribution < -0.4 is 14.9 Å². The van der Waals surface area contributed by atoms with Gasteiger partial charge in [-0.3, -0.25) is 0 Å². The Labute approximate surface area is 152 Å². The van der Waals surface area contributed by atoms with Crippen LogP contribution in [0, 0.1) is 5.82 Å². The predicted molar refractivity (Wildman–Crippen MR) is 104 cm³/mol. The van der Waals surface area contributed by atoms with Crippen molar-refractivity contribution in [1.82, 2.24) is 4.72 Å². The maximum atomic E-state index is 12.8. The molecular weight excluding hydrogens is 340 g/mol. The average Bonchev–Trinajstić information content (AvgIpc) is 2.89. The summed E-state index contributed by atoms with van der Waals surface area (Å²) in [6, 6.07) is 12.8. The Kier molecular flexibility index (Phi) is 6.84. The number of benzene rings is 2. The van der Waals surface area contributed by atoms with Gasteiger partial charge >= 0.3 is 0 Å². The highest BCUT2D eigenvalue weighted by Crippen LogP contribution is 2.37. The number of fused-ring (bicyclic) bond motifs is 1. The van der Waals surface area contributed by atoms with E-state index < -0.39 is 0 Å². The van der Waals surface area contributed by atoms with Crippen molar-refractivity contribution in [3.05, 3.63) is 71.8 Å². The minimum Gasteiger partial charge on any atom is -0.340 e. The molecule has 1 aliphatic rings. The lowest BCUT2D eigenvalue weighted by atomic mass is 10.0. The smallest absolute Gasteiger partial charge is 0.131 e. The quantitative estimate of drug-likeness (QED) is 0.692.